The summed E-state index contributed by atoms with van der Waals surface area (Å²) in [5.41, 5.74) is 0.663. The number of benzene rings is 1. The van der Waals surface area contributed by atoms with Crippen LogP contribution in [0, 0.1) is 0 Å². The van der Waals surface area contributed by atoms with E-state index in [0.29, 0.717) is 15.6 Å². The molecule has 1 aromatic carbocycles. The molecule has 1 N–H and O–H groups in total. The maximum absolute atomic E-state index is 11.9. The highest BCUT2D eigenvalue weighted by atomic mass is 35.5. The van der Waals surface area contributed by atoms with E-state index in [1.807, 2.05) is 0 Å². The number of halogens is 2. The van der Waals surface area contributed by atoms with Gasteiger partial charge in [-0.05, 0) is 19.1 Å². The van der Waals surface area contributed by atoms with E-state index >= 15 is 0 Å². The fourth-order valence-electron chi connectivity index (χ4n) is 1.88. The van der Waals surface area contributed by atoms with Crippen LogP contribution in [0.3, 0.4) is 0 Å². The van der Waals surface area contributed by atoms with Crippen LogP contribution in [0.15, 0.2) is 18.2 Å². The molecule has 1 aromatic rings. The van der Waals surface area contributed by atoms with E-state index < -0.39 is 6.04 Å². The molecule has 0 spiro atoms. The van der Waals surface area contributed by atoms with Gasteiger partial charge in [0.05, 0.1) is 6.54 Å². The third-order valence-corrected chi connectivity index (χ3v) is 3.51. The average Bonchev–Trinajstić information content (AvgIpc) is 2.30. The molecule has 0 aromatic heterocycles. The fourth-order valence-corrected chi connectivity index (χ4v) is 2.40. The Morgan fingerprint density at radius 1 is 1.33 bits per heavy atom. The van der Waals surface area contributed by atoms with Gasteiger partial charge >= 0.3 is 0 Å². The molecule has 0 radical (unpaired) electrons. The predicted molar refractivity (Wildman–Crippen MR) is 69.5 cm³/mol. The lowest BCUT2D eigenvalue weighted by atomic mass is 10.1. The highest BCUT2D eigenvalue weighted by Crippen LogP contribution is 2.26. The van der Waals surface area contributed by atoms with Crippen molar-refractivity contribution >= 4 is 35.0 Å². The topological polar surface area (TPSA) is 49.4 Å². The highest BCUT2D eigenvalue weighted by Gasteiger charge is 2.30. The molecule has 96 valence electrons. The molecule has 1 aliphatic heterocycles. The Bertz CT molecular complexity index is 485. The van der Waals surface area contributed by atoms with Crippen molar-refractivity contribution in [2.75, 3.05) is 6.54 Å². The molecular formula is C12H12Cl2N2O2. The van der Waals surface area contributed by atoms with Crippen molar-refractivity contribution in [3.8, 4) is 0 Å². The second kappa shape index (κ2) is 5.16. The van der Waals surface area contributed by atoms with Crippen LogP contribution in [0.25, 0.3) is 0 Å². The van der Waals surface area contributed by atoms with Crippen LogP contribution in [-0.4, -0.2) is 29.3 Å². The second-order valence-corrected chi connectivity index (χ2v) is 5.00. The molecule has 0 aliphatic carbocycles. The lowest BCUT2D eigenvalue weighted by Crippen LogP contribution is -2.56. The minimum atomic E-state index is -0.507. The number of rotatable bonds is 2. The van der Waals surface area contributed by atoms with Gasteiger partial charge in [0.25, 0.3) is 0 Å². The van der Waals surface area contributed by atoms with Crippen LogP contribution in [0.5, 0.6) is 0 Å². The lowest BCUT2D eigenvalue weighted by molar-refractivity contribution is -0.144. The molecule has 1 saturated heterocycles. The van der Waals surface area contributed by atoms with E-state index in [1.54, 1.807) is 25.1 Å². The zero-order valence-corrected chi connectivity index (χ0v) is 11.3. The molecule has 0 saturated carbocycles. The minimum Gasteiger partial charge on any atom is -0.343 e. The van der Waals surface area contributed by atoms with Gasteiger partial charge in [-0.25, -0.2) is 0 Å². The fraction of sp³-hybridized carbons (Fsp3) is 0.333. The van der Waals surface area contributed by atoms with Gasteiger partial charge in [0.1, 0.15) is 6.04 Å². The van der Waals surface area contributed by atoms with Crippen LogP contribution in [0.2, 0.25) is 10.0 Å². The van der Waals surface area contributed by atoms with Crippen molar-refractivity contribution in [2.45, 2.75) is 19.5 Å². The van der Waals surface area contributed by atoms with E-state index in [0.717, 1.165) is 0 Å². The summed E-state index contributed by atoms with van der Waals surface area (Å²) in [5, 5.41) is 3.57. The number of nitrogens with zero attached hydrogens (tertiary/aromatic N) is 1. The molecule has 4 nitrogen and oxygen atoms in total. The Morgan fingerprint density at radius 3 is 2.56 bits per heavy atom. The van der Waals surface area contributed by atoms with Crippen molar-refractivity contribution in [3.63, 3.8) is 0 Å². The van der Waals surface area contributed by atoms with Gasteiger partial charge in [0, 0.05) is 22.2 Å². The zero-order valence-electron chi connectivity index (χ0n) is 9.74. The van der Waals surface area contributed by atoms with Gasteiger partial charge < -0.3 is 10.2 Å². The van der Waals surface area contributed by atoms with Gasteiger partial charge in [-0.15, -0.1) is 0 Å². The summed E-state index contributed by atoms with van der Waals surface area (Å²) in [5.74, 6) is -0.309. The third kappa shape index (κ3) is 2.60. The number of hydrogen-bond acceptors (Lipinski definition) is 2. The van der Waals surface area contributed by atoms with Crippen molar-refractivity contribution in [1.82, 2.24) is 10.2 Å². The summed E-state index contributed by atoms with van der Waals surface area (Å²) >= 11 is 12.1. The Hall–Kier alpha value is -1.26. The molecule has 6 heteroatoms. The number of hydrogen-bond donors (Lipinski definition) is 1. The largest absolute Gasteiger partial charge is 0.343 e. The van der Waals surface area contributed by atoms with Crippen molar-refractivity contribution in [3.05, 3.63) is 33.8 Å². The Morgan fingerprint density at radius 2 is 1.94 bits per heavy atom. The Labute approximate surface area is 115 Å². The average molecular weight is 287 g/mol. The Kier molecular flexibility index (Phi) is 3.78. The number of nitrogens with one attached hydrogen (secondary N) is 1. The molecule has 1 fully saturated rings. The third-order valence-electron chi connectivity index (χ3n) is 2.80. The summed E-state index contributed by atoms with van der Waals surface area (Å²) in [6.07, 6.45) is 0. The van der Waals surface area contributed by atoms with Gasteiger partial charge in [0.2, 0.25) is 11.8 Å². The maximum Gasteiger partial charge on any atom is 0.245 e. The monoisotopic (exact) mass is 286 g/mol. The van der Waals surface area contributed by atoms with E-state index in [9.17, 15) is 9.59 Å². The number of amides is 2. The van der Waals surface area contributed by atoms with Gasteiger partial charge in [-0.3, -0.25) is 9.59 Å². The van der Waals surface area contributed by atoms with Gasteiger partial charge in [-0.1, -0.05) is 29.3 Å². The maximum atomic E-state index is 11.9. The molecular weight excluding hydrogens is 275 g/mol. The van der Waals surface area contributed by atoms with E-state index in [1.165, 1.54) is 4.90 Å². The standard InChI is InChI=1S/C12H12Cl2N2O2/c1-7-12(18)16(6-11(17)15-7)5-8-9(13)3-2-4-10(8)14/h2-4,7H,5-6H2,1H3,(H,15,17). The molecule has 1 heterocycles. The van der Waals surface area contributed by atoms with Crippen LogP contribution in [-0.2, 0) is 16.1 Å². The molecule has 1 atom stereocenters. The predicted octanol–water partition coefficient (Wildman–Crippen LogP) is 1.84. The van der Waals surface area contributed by atoms with Gasteiger partial charge in [-0.2, -0.15) is 0 Å². The van der Waals surface area contributed by atoms with Crippen LogP contribution in [0.4, 0.5) is 0 Å². The summed E-state index contributed by atoms with van der Waals surface area (Å²) in [6, 6.07) is 4.65. The van der Waals surface area contributed by atoms with Crippen LogP contribution < -0.4 is 5.32 Å². The molecule has 18 heavy (non-hydrogen) atoms. The first-order valence-electron chi connectivity index (χ1n) is 5.50. The first kappa shape index (κ1) is 13.2. The first-order chi connectivity index (χ1) is 8.49. The molecule has 1 aliphatic rings. The van der Waals surface area contributed by atoms with Crippen LogP contribution >= 0.6 is 23.2 Å². The Balaban J connectivity index is 2.23. The summed E-state index contributed by atoms with van der Waals surface area (Å²) in [7, 11) is 0. The molecule has 2 rings (SSSR count). The molecule has 1 unspecified atom stereocenters. The van der Waals surface area contributed by atoms with Crippen molar-refractivity contribution in [2.24, 2.45) is 0 Å². The second-order valence-electron chi connectivity index (χ2n) is 4.18. The van der Waals surface area contributed by atoms with Gasteiger partial charge in [0.15, 0.2) is 0 Å². The first-order valence-corrected chi connectivity index (χ1v) is 6.25. The number of carbonyl (C=O) groups is 2. The number of carbonyl (C=O) groups excluding carboxylic acids is 2. The van der Waals surface area contributed by atoms with E-state index in [4.69, 9.17) is 23.2 Å². The molecule has 0 bridgehead atoms. The van der Waals surface area contributed by atoms with E-state index in [-0.39, 0.29) is 24.9 Å². The van der Waals surface area contributed by atoms with E-state index in [2.05, 4.69) is 5.32 Å². The summed E-state index contributed by atoms with van der Waals surface area (Å²) < 4.78 is 0. The normalized spacial score (nSPS) is 19.9. The highest BCUT2D eigenvalue weighted by molar-refractivity contribution is 6.36. The SMILES string of the molecule is CC1NC(=O)CN(Cc2c(Cl)cccc2Cl)C1=O. The smallest absolute Gasteiger partial charge is 0.245 e. The van der Waals surface area contributed by atoms with Crippen molar-refractivity contribution in [1.29, 1.82) is 0 Å². The van der Waals surface area contributed by atoms with Crippen LogP contribution in [0.1, 0.15) is 12.5 Å². The lowest BCUT2D eigenvalue weighted by Gasteiger charge is -2.31. The number of piperazine rings is 1. The summed E-state index contributed by atoms with van der Waals surface area (Å²) in [6.45, 7) is 1.93. The zero-order chi connectivity index (χ0) is 13.3. The quantitative estimate of drug-likeness (QED) is 0.902. The molecule has 2 amide bonds. The minimum absolute atomic E-state index is 0.0325. The van der Waals surface area contributed by atoms with Crippen molar-refractivity contribution < 1.29 is 9.59 Å². The summed E-state index contributed by atoms with van der Waals surface area (Å²) in [4.78, 5) is 24.8.